The molecule has 0 spiro atoms. The van der Waals surface area contributed by atoms with E-state index < -0.39 is 27.4 Å². The van der Waals surface area contributed by atoms with E-state index in [4.69, 9.17) is 4.74 Å². The number of ether oxygens (including phenoxy) is 1. The number of methoxy groups -OCH3 is 1. The number of benzene rings is 2. The molecule has 0 aliphatic heterocycles. The van der Waals surface area contributed by atoms with Crippen LogP contribution in [-0.2, 0) is 27.7 Å². The predicted octanol–water partition coefficient (Wildman–Crippen LogP) is 2.51. The SMILES string of the molecule is CC(=O)O[Si](OC(C)=O)OC(C)=O.COc1cccc2ccccc12. The van der Waals surface area contributed by atoms with Crippen LogP contribution in [0.3, 0.4) is 0 Å². The maximum atomic E-state index is 10.4. The summed E-state index contributed by atoms with van der Waals surface area (Å²) in [5.74, 6) is -1.07. The molecule has 0 aliphatic rings. The lowest BCUT2D eigenvalue weighted by Gasteiger charge is -2.09. The fourth-order valence-corrected chi connectivity index (χ4v) is 2.62. The van der Waals surface area contributed by atoms with Gasteiger partial charge in [0.1, 0.15) is 5.75 Å². The fourth-order valence-electron chi connectivity index (χ4n) is 1.79. The van der Waals surface area contributed by atoms with Gasteiger partial charge in [-0.05, 0) is 11.5 Å². The first-order chi connectivity index (χ1) is 11.8. The highest BCUT2D eigenvalue weighted by Gasteiger charge is 2.31. The van der Waals surface area contributed by atoms with Crippen LogP contribution in [0.5, 0.6) is 5.75 Å². The van der Waals surface area contributed by atoms with E-state index in [-0.39, 0.29) is 0 Å². The molecule has 0 N–H and O–H groups in total. The summed E-state index contributed by atoms with van der Waals surface area (Å²) in [5, 5.41) is 2.39. The summed E-state index contributed by atoms with van der Waals surface area (Å²) in [6.45, 7) is 3.37. The molecule has 2 aromatic carbocycles. The van der Waals surface area contributed by atoms with Gasteiger partial charge in [0.05, 0.1) is 7.11 Å². The molecular weight excluding hydrogens is 344 g/mol. The third-order valence-corrected chi connectivity index (χ3v) is 4.01. The third kappa shape index (κ3) is 7.49. The minimum Gasteiger partial charge on any atom is -0.496 e. The highest BCUT2D eigenvalue weighted by Crippen LogP contribution is 2.24. The minimum absolute atomic E-state index is 0.670. The van der Waals surface area contributed by atoms with Crippen LogP contribution in [-0.4, -0.2) is 34.5 Å². The van der Waals surface area contributed by atoms with Crippen molar-refractivity contribution in [2.75, 3.05) is 7.11 Å². The van der Waals surface area contributed by atoms with Gasteiger partial charge < -0.3 is 18.0 Å². The smallest absolute Gasteiger partial charge is 0.496 e. The molecule has 2 aromatic rings. The number of hydrogen-bond acceptors (Lipinski definition) is 7. The van der Waals surface area contributed by atoms with Crippen LogP contribution in [0.2, 0.25) is 0 Å². The van der Waals surface area contributed by atoms with Crippen molar-refractivity contribution in [3.05, 3.63) is 42.5 Å². The van der Waals surface area contributed by atoms with Crippen LogP contribution in [0.15, 0.2) is 42.5 Å². The Hall–Kier alpha value is -2.87. The van der Waals surface area contributed by atoms with Gasteiger partial charge in [-0.15, -0.1) is 0 Å². The summed E-state index contributed by atoms with van der Waals surface area (Å²) in [6, 6.07) is 14.2. The van der Waals surface area contributed by atoms with Crippen molar-refractivity contribution >= 4 is 38.2 Å². The van der Waals surface area contributed by atoms with Crippen LogP contribution in [0.1, 0.15) is 20.8 Å². The molecule has 0 aliphatic carbocycles. The Morgan fingerprint density at radius 2 is 1.24 bits per heavy atom. The molecule has 0 fully saturated rings. The first kappa shape index (κ1) is 20.2. The zero-order valence-corrected chi connectivity index (χ0v) is 15.4. The Morgan fingerprint density at radius 3 is 1.72 bits per heavy atom. The second-order valence-electron chi connectivity index (χ2n) is 4.71. The Bertz CT molecular complexity index is 701. The molecule has 0 amide bonds. The van der Waals surface area contributed by atoms with Gasteiger partial charge in [0, 0.05) is 26.2 Å². The minimum atomic E-state index is -2.59. The molecule has 1 radical (unpaired) electrons. The van der Waals surface area contributed by atoms with Crippen molar-refractivity contribution in [2.45, 2.75) is 20.8 Å². The van der Waals surface area contributed by atoms with Gasteiger partial charge in [0.15, 0.2) is 0 Å². The van der Waals surface area contributed by atoms with Crippen LogP contribution in [0.25, 0.3) is 10.8 Å². The first-order valence-electron chi connectivity index (χ1n) is 7.27. The Kier molecular flexibility index (Phi) is 8.14. The lowest BCUT2D eigenvalue weighted by molar-refractivity contribution is -0.144. The molecule has 0 heterocycles. The summed E-state index contributed by atoms with van der Waals surface area (Å²) < 4.78 is 18.6. The lowest BCUT2D eigenvalue weighted by atomic mass is 10.1. The first-order valence-corrected chi connectivity index (χ1v) is 8.50. The Balaban J connectivity index is 0.000000250. The Morgan fingerprint density at radius 1 is 0.760 bits per heavy atom. The van der Waals surface area contributed by atoms with Gasteiger partial charge in [0.2, 0.25) is 0 Å². The second kappa shape index (κ2) is 10.1. The monoisotopic (exact) mass is 363 g/mol. The number of carbonyl (C=O) groups excluding carboxylic acids is 3. The van der Waals surface area contributed by atoms with Gasteiger partial charge in [-0.1, -0.05) is 36.4 Å². The number of fused-ring (bicyclic) bond motifs is 1. The molecule has 2 rings (SSSR count). The van der Waals surface area contributed by atoms with Gasteiger partial charge in [-0.2, -0.15) is 0 Å². The summed E-state index contributed by atoms with van der Waals surface area (Å²) in [6.07, 6.45) is 0. The zero-order valence-electron chi connectivity index (χ0n) is 14.4. The van der Waals surface area contributed by atoms with E-state index >= 15 is 0 Å². The molecule has 0 bridgehead atoms. The standard InChI is InChI=1S/C11H10O.C6H9O6Si/c1-12-11-8-4-6-9-5-2-3-7-10(9)11;1-4(7)10-13(11-5(2)8)12-6(3)9/h2-8H,1H3;1-3H3. The maximum absolute atomic E-state index is 10.4. The van der Waals surface area contributed by atoms with E-state index in [0.29, 0.717) is 0 Å². The highest BCUT2D eigenvalue weighted by atomic mass is 28.3. The van der Waals surface area contributed by atoms with E-state index in [9.17, 15) is 14.4 Å². The molecule has 0 saturated carbocycles. The Labute approximate surface area is 147 Å². The molecule has 8 heteroatoms. The third-order valence-electron chi connectivity index (χ3n) is 2.65. The highest BCUT2D eigenvalue weighted by molar-refractivity contribution is 6.43. The van der Waals surface area contributed by atoms with Crippen LogP contribution >= 0.6 is 0 Å². The van der Waals surface area contributed by atoms with Gasteiger partial charge in [0.25, 0.3) is 17.9 Å². The topological polar surface area (TPSA) is 88.1 Å². The van der Waals surface area contributed by atoms with Crippen LogP contribution in [0, 0.1) is 0 Å². The summed E-state index contributed by atoms with van der Waals surface area (Å²) in [4.78, 5) is 31.3. The van der Waals surface area contributed by atoms with Crippen molar-refractivity contribution in [1.82, 2.24) is 0 Å². The quantitative estimate of drug-likeness (QED) is 0.771. The van der Waals surface area contributed by atoms with Crippen molar-refractivity contribution in [3.63, 3.8) is 0 Å². The normalized spacial score (nSPS) is 9.64. The fraction of sp³-hybridized carbons (Fsp3) is 0.235. The lowest BCUT2D eigenvalue weighted by Crippen LogP contribution is -2.32. The van der Waals surface area contributed by atoms with Crippen LogP contribution in [0.4, 0.5) is 0 Å². The molecule has 0 saturated heterocycles. The van der Waals surface area contributed by atoms with Crippen molar-refractivity contribution in [1.29, 1.82) is 0 Å². The van der Waals surface area contributed by atoms with E-state index in [1.807, 2.05) is 24.3 Å². The predicted molar refractivity (Wildman–Crippen MR) is 91.6 cm³/mol. The molecule has 25 heavy (non-hydrogen) atoms. The van der Waals surface area contributed by atoms with E-state index in [1.54, 1.807) is 7.11 Å². The number of rotatable bonds is 4. The van der Waals surface area contributed by atoms with Gasteiger partial charge in [-0.25, -0.2) is 0 Å². The zero-order chi connectivity index (χ0) is 18.8. The summed E-state index contributed by atoms with van der Waals surface area (Å²) in [5.41, 5.74) is 0. The van der Waals surface area contributed by atoms with E-state index in [0.717, 1.165) is 26.5 Å². The van der Waals surface area contributed by atoms with Gasteiger partial charge in [-0.3, -0.25) is 14.4 Å². The summed E-state index contributed by atoms with van der Waals surface area (Å²) in [7, 11) is -0.896. The molecule has 133 valence electrons. The van der Waals surface area contributed by atoms with E-state index in [2.05, 4.69) is 31.5 Å². The molecule has 0 atom stereocenters. The van der Waals surface area contributed by atoms with Gasteiger partial charge >= 0.3 is 9.53 Å². The average molecular weight is 363 g/mol. The van der Waals surface area contributed by atoms with Crippen molar-refractivity contribution < 1.29 is 32.4 Å². The van der Waals surface area contributed by atoms with Crippen molar-refractivity contribution in [3.8, 4) is 5.75 Å². The van der Waals surface area contributed by atoms with E-state index in [1.165, 1.54) is 10.8 Å². The number of carbonyl (C=O) groups is 3. The largest absolute Gasteiger partial charge is 0.824 e. The number of hydrogen-bond donors (Lipinski definition) is 0. The maximum Gasteiger partial charge on any atom is 0.824 e. The van der Waals surface area contributed by atoms with Crippen LogP contribution < -0.4 is 4.74 Å². The average Bonchev–Trinajstić information content (AvgIpc) is 2.53. The molecule has 0 unspecified atom stereocenters. The van der Waals surface area contributed by atoms with Crippen molar-refractivity contribution in [2.24, 2.45) is 0 Å². The molecule has 7 nitrogen and oxygen atoms in total. The molecule has 0 aromatic heterocycles. The second-order valence-corrected chi connectivity index (χ2v) is 5.82. The molecular formula is C17H19O7Si. The summed E-state index contributed by atoms with van der Waals surface area (Å²) >= 11 is 0.